The van der Waals surface area contributed by atoms with E-state index in [0.717, 1.165) is 12.0 Å². The predicted octanol–water partition coefficient (Wildman–Crippen LogP) is 2.07. The van der Waals surface area contributed by atoms with E-state index in [9.17, 15) is 9.59 Å². The van der Waals surface area contributed by atoms with Gasteiger partial charge in [0.1, 0.15) is 0 Å². The number of aromatic nitrogens is 3. The van der Waals surface area contributed by atoms with Crippen LogP contribution in [0.2, 0.25) is 0 Å². The molecule has 1 aromatic heterocycles. The van der Waals surface area contributed by atoms with Gasteiger partial charge in [0.2, 0.25) is 5.91 Å². The van der Waals surface area contributed by atoms with Gasteiger partial charge in [0, 0.05) is 13.1 Å². The summed E-state index contributed by atoms with van der Waals surface area (Å²) in [6, 6.07) is 9.97. The summed E-state index contributed by atoms with van der Waals surface area (Å²) in [5.41, 5.74) is 0.910. The van der Waals surface area contributed by atoms with Crippen LogP contribution < -0.4 is 11.0 Å². The fourth-order valence-electron chi connectivity index (χ4n) is 2.14. The van der Waals surface area contributed by atoms with Crippen LogP contribution in [-0.2, 0) is 17.8 Å². The van der Waals surface area contributed by atoms with Crippen molar-refractivity contribution in [1.29, 1.82) is 0 Å². The third kappa shape index (κ3) is 5.26. The number of benzene rings is 1. The molecule has 1 unspecified atom stereocenters. The second-order valence-electron chi connectivity index (χ2n) is 6.10. The first-order chi connectivity index (χ1) is 11.5. The van der Waals surface area contributed by atoms with Crippen molar-refractivity contribution in [3.63, 3.8) is 0 Å². The number of aromatic amines is 1. The van der Waals surface area contributed by atoms with Crippen LogP contribution in [0.4, 0.5) is 0 Å². The van der Waals surface area contributed by atoms with E-state index in [-0.39, 0.29) is 16.8 Å². The van der Waals surface area contributed by atoms with Gasteiger partial charge in [0.05, 0.1) is 5.25 Å². The Labute approximate surface area is 146 Å². The molecule has 0 saturated heterocycles. The number of H-pyrrole nitrogens is 1. The second-order valence-corrected chi connectivity index (χ2v) is 7.41. The van der Waals surface area contributed by atoms with Crippen LogP contribution in [0.1, 0.15) is 26.3 Å². The van der Waals surface area contributed by atoms with E-state index in [1.807, 2.05) is 51.1 Å². The Balaban J connectivity index is 1.98. The van der Waals surface area contributed by atoms with Crippen molar-refractivity contribution in [3.8, 4) is 0 Å². The van der Waals surface area contributed by atoms with Gasteiger partial charge in [-0.2, -0.15) is 0 Å². The monoisotopic (exact) mass is 348 g/mol. The van der Waals surface area contributed by atoms with Crippen molar-refractivity contribution < 1.29 is 4.79 Å². The molecule has 1 amide bonds. The van der Waals surface area contributed by atoms with Gasteiger partial charge in [-0.15, -0.1) is 5.10 Å². The molecule has 24 heavy (non-hydrogen) atoms. The van der Waals surface area contributed by atoms with Crippen LogP contribution >= 0.6 is 11.8 Å². The number of hydrogen-bond acceptors (Lipinski definition) is 4. The number of nitrogens with one attached hydrogen (secondary N) is 2. The van der Waals surface area contributed by atoms with Gasteiger partial charge in [-0.1, -0.05) is 55.9 Å². The predicted molar refractivity (Wildman–Crippen MR) is 96.2 cm³/mol. The van der Waals surface area contributed by atoms with E-state index < -0.39 is 0 Å². The van der Waals surface area contributed by atoms with Crippen LogP contribution in [-0.4, -0.2) is 32.5 Å². The Morgan fingerprint density at radius 2 is 2.00 bits per heavy atom. The fourth-order valence-corrected chi connectivity index (χ4v) is 3.04. The zero-order valence-electron chi connectivity index (χ0n) is 14.3. The molecular formula is C17H24N4O2S. The molecule has 0 aliphatic heterocycles. The average Bonchev–Trinajstić information content (AvgIpc) is 2.91. The zero-order valence-corrected chi connectivity index (χ0v) is 15.1. The van der Waals surface area contributed by atoms with Crippen LogP contribution in [0, 0.1) is 5.92 Å². The quantitative estimate of drug-likeness (QED) is 0.716. The maximum absolute atomic E-state index is 12.1. The lowest BCUT2D eigenvalue weighted by Gasteiger charge is -2.13. The highest BCUT2D eigenvalue weighted by molar-refractivity contribution is 8.00. The molecule has 1 aromatic carbocycles. The van der Waals surface area contributed by atoms with E-state index >= 15 is 0 Å². The summed E-state index contributed by atoms with van der Waals surface area (Å²) in [7, 11) is 0. The molecule has 7 heteroatoms. The zero-order chi connectivity index (χ0) is 17.5. The Hall–Kier alpha value is -2.02. The van der Waals surface area contributed by atoms with Crippen LogP contribution in [0.5, 0.6) is 0 Å². The summed E-state index contributed by atoms with van der Waals surface area (Å²) in [5.74, 6) is 0.361. The molecule has 0 fully saturated rings. The summed E-state index contributed by atoms with van der Waals surface area (Å²) in [5, 5.41) is 9.66. The van der Waals surface area contributed by atoms with Crippen LogP contribution in [0.15, 0.2) is 40.3 Å². The highest BCUT2D eigenvalue weighted by Gasteiger charge is 2.19. The first-order valence-electron chi connectivity index (χ1n) is 8.11. The van der Waals surface area contributed by atoms with Gasteiger partial charge in [-0.05, 0) is 24.8 Å². The number of carbonyl (C=O) groups is 1. The molecule has 1 atom stereocenters. The number of carbonyl (C=O) groups excluding carboxylic acids is 1. The third-order valence-corrected chi connectivity index (χ3v) is 4.62. The molecule has 2 aromatic rings. The molecule has 1 heterocycles. The molecule has 0 aliphatic carbocycles. The fraction of sp³-hybridized carbons (Fsp3) is 0.471. The molecule has 2 rings (SSSR count). The summed E-state index contributed by atoms with van der Waals surface area (Å²) in [6.45, 7) is 7.09. The number of amides is 1. The maximum Gasteiger partial charge on any atom is 0.343 e. The number of rotatable bonds is 8. The molecular weight excluding hydrogens is 324 g/mol. The van der Waals surface area contributed by atoms with Gasteiger partial charge in [-0.3, -0.25) is 9.36 Å². The van der Waals surface area contributed by atoms with E-state index in [1.165, 1.54) is 11.8 Å². The third-order valence-electron chi connectivity index (χ3n) is 3.53. The van der Waals surface area contributed by atoms with Crippen molar-refractivity contribution in [3.05, 3.63) is 46.4 Å². The lowest BCUT2D eigenvalue weighted by atomic mass is 10.1. The molecule has 0 radical (unpaired) electrons. The summed E-state index contributed by atoms with van der Waals surface area (Å²) in [4.78, 5) is 24.1. The number of thioether (sulfide) groups is 1. The number of hydrogen-bond donors (Lipinski definition) is 2. The van der Waals surface area contributed by atoms with Crippen LogP contribution in [0.3, 0.4) is 0 Å². The molecule has 0 saturated carbocycles. The first kappa shape index (κ1) is 18.3. The molecule has 0 aliphatic rings. The van der Waals surface area contributed by atoms with E-state index in [2.05, 4.69) is 15.5 Å². The summed E-state index contributed by atoms with van der Waals surface area (Å²) >= 11 is 1.29. The molecule has 130 valence electrons. The van der Waals surface area contributed by atoms with Crippen molar-refractivity contribution in [2.75, 3.05) is 6.54 Å². The SMILES string of the molecule is CC(C)CNC(=O)C(C)Sc1n[nH]c(=O)n1CCc1ccccc1. The summed E-state index contributed by atoms with van der Waals surface area (Å²) in [6.07, 6.45) is 0.738. The molecule has 0 bridgehead atoms. The summed E-state index contributed by atoms with van der Waals surface area (Å²) < 4.78 is 1.59. The van der Waals surface area contributed by atoms with E-state index in [0.29, 0.717) is 24.2 Å². The lowest BCUT2D eigenvalue weighted by Crippen LogP contribution is -2.33. The number of nitrogens with zero attached hydrogens (tertiary/aromatic N) is 2. The van der Waals surface area contributed by atoms with E-state index in [4.69, 9.17) is 0 Å². The van der Waals surface area contributed by atoms with Gasteiger partial charge < -0.3 is 5.32 Å². The van der Waals surface area contributed by atoms with Crippen LogP contribution in [0.25, 0.3) is 0 Å². The van der Waals surface area contributed by atoms with Crippen molar-refractivity contribution in [1.82, 2.24) is 20.1 Å². The second kappa shape index (κ2) is 8.73. The molecule has 0 spiro atoms. The molecule has 6 nitrogen and oxygen atoms in total. The van der Waals surface area contributed by atoms with Gasteiger partial charge in [-0.25, -0.2) is 9.89 Å². The van der Waals surface area contributed by atoms with Crippen molar-refractivity contribution in [2.24, 2.45) is 5.92 Å². The Kier molecular flexibility index (Phi) is 6.66. The highest BCUT2D eigenvalue weighted by Crippen LogP contribution is 2.20. The standard InChI is InChI=1S/C17H24N4O2S/c1-12(2)11-18-15(22)13(3)24-17-20-19-16(23)21(17)10-9-14-7-5-4-6-8-14/h4-8,12-13H,9-11H2,1-3H3,(H,18,22)(H,19,23). The minimum atomic E-state index is -0.311. The Bertz CT molecular complexity index is 709. The van der Waals surface area contributed by atoms with Gasteiger partial charge >= 0.3 is 5.69 Å². The first-order valence-corrected chi connectivity index (χ1v) is 8.99. The normalized spacial score (nSPS) is 12.3. The minimum Gasteiger partial charge on any atom is -0.355 e. The smallest absolute Gasteiger partial charge is 0.343 e. The Morgan fingerprint density at radius 1 is 1.29 bits per heavy atom. The minimum absolute atomic E-state index is 0.0428. The van der Waals surface area contributed by atoms with Gasteiger partial charge in [0.25, 0.3) is 0 Å². The highest BCUT2D eigenvalue weighted by atomic mass is 32.2. The van der Waals surface area contributed by atoms with Crippen molar-refractivity contribution >= 4 is 17.7 Å². The lowest BCUT2D eigenvalue weighted by molar-refractivity contribution is -0.120. The average molecular weight is 348 g/mol. The Morgan fingerprint density at radius 3 is 2.67 bits per heavy atom. The molecule has 2 N–H and O–H groups in total. The van der Waals surface area contributed by atoms with Gasteiger partial charge in [0.15, 0.2) is 5.16 Å². The largest absolute Gasteiger partial charge is 0.355 e. The van der Waals surface area contributed by atoms with Crippen molar-refractivity contribution in [2.45, 2.75) is 44.1 Å². The topological polar surface area (TPSA) is 79.8 Å². The van der Waals surface area contributed by atoms with E-state index in [1.54, 1.807) is 4.57 Å². The number of aryl methyl sites for hydroxylation is 1. The maximum atomic E-state index is 12.1.